The second kappa shape index (κ2) is 6.26. The summed E-state index contributed by atoms with van der Waals surface area (Å²) in [5, 5.41) is 16.8. The summed E-state index contributed by atoms with van der Waals surface area (Å²) in [7, 11) is 0. The van der Waals surface area contributed by atoms with E-state index >= 15 is 0 Å². The molecule has 0 bridgehead atoms. The maximum Gasteiger partial charge on any atom is 0.329 e. The first-order valence-electron chi connectivity index (χ1n) is 6.86. The van der Waals surface area contributed by atoms with Crippen LogP contribution in [0.4, 0.5) is 4.79 Å². The molecule has 5 nitrogen and oxygen atoms in total. The van der Waals surface area contributed by atoms with Gasteiger partial charge in [-0.2, -0.15) is 0 Å². The largest absolute Gasteiger partial charge is 0.480 e. The zero-order valence-electron chi connectivity index (χ0n) is 11.6. The first kappa shape index (κ1) is 14.8. The number of carbonyl (C=O) groups is 2. The van der Waals surface area contributed by atoms with Gasteiger partial charge in [0.15, 0.2) is 0 Å². The van der Waals surface area contributed by atoms with Crippen molar-refractivity contribution < 1.29 is 14.7 Å². The van der Waals surface area contributed by atoms with E-state index in [1.807, 2.05) is 18.4 Å². The summed E-state index contributed by atoms with van der Waals surface area (Å²) >= 11 is 1.58. The first-order chi connectivity index (χ1) is 9.53. The maximum absolute atomic E-state index is 11.9. The number of aryl methyl sites for hydroxylation is 1. The fourth-order valence-corrected chi connectivity index (χ4v) is 3.40. The van der Waals surface area contributed by atoms with Gasteiger partial charge in [-0.3, -0.25) is 0 Å². The van der Waals surface area contributed by atoms with Crippen LogP contribution >= 0.6 is 11.3 Å². The molecule has 1 saturated carbocycles. The van der Waals surface area contributed by atoms with E-state index in [0.717, 1.165) is 29.7 Å². The van der Waals surface area contributed by atoms with Gasteiger partial charge in [-0.25, -0.2) is 9.59 Å². The van der Waals surface area contributed by atoms with Crippen LogP contribution in [0.5, 0.6) is 0 Å². The summed E-state index contributed by atoms with van der Waals surface area (Å²) in [5.74, 6) is -0.931. The van der Waals surface area contributed by atoms with Crippen LogP contribution in [0, 0.1) is 6.92 Å². The molecule has 6 heteroatoms. The highest BCUT2D eigenvalue weighted by Crippen LogP contribution is 2.28. The number of rotatable bonds is 4. The minimum absolute atomic E-state index is 0.401. The molecular weight excluding hydrogens is 276 g/mol. The zero-order valence-corrected chi connectivity index (χ0v) is 12.4. The molecule has 0 radical (unpaired) electrons. The van der Waals surface area contributed by atoms with Gasteiger partial charge in [0.25, 0.3) is 0 Å². The minimum Gasteiger partial charge on any atom is -0.480 e. The van der Waals surface area contributed by atoms with Gasteiger partial charge in [0.05, 0.1) is 6.54 Å². The highest BCUT2D eigenvalue weighted by atomic mass is 32.1. The predicted octanol–water partition coefficient (Wildman–Crippen LogP) is 2.64. The van der Waals surface area contributed by atoms with Gasteiger partial charge in [-0.15, -0.1) is 11.3 Å². The molecule has 110 valence electrons. The predicted molar refractivity (Wildman–Crippen MR) is 77.9 cm³/mol. The molecule has 3 N–H and O–H groups in total. The Morgan fingerprint density at radius 1 is 1.35 bits per heavy atom. The van der Waals surface area contributed by atoms with E-state index in [2.05, 4.69) is 10.6 Å². The Labute approximate surface area is 122 Å². The molecule has 0 saturated heterocycles. The maximum atomic E-state index is 11.9. The van der Waals surface area contributed by atoms with Crippen molar-refractivity contribution in [2.45, 2.75) is 51.1 Å². The number of thiophene rings is 1. The Hall–Kier alpha value is -1.56. The smallest absolute Gasteiger partial charge is 0.329 e. The standard InChI is InChI=1S/C14H20N2O3S/c1-10-5-8-20-11(10)9-15-13(19)16-14(12(17)18)6-3-2-4-7-14/h5,8H,2-4,6-7,9H2,1H3,(H,17,18)(H2,15,16,19). The Bertz CT molecular complexity index is 492. The Kier molecular flexibility index (Phi) is 4.65. The van der Waals surface area contributed by atoms with Gasteiger partial charge in [-0.05, 0) is 36.8 Å². The lowest BCUT2D eigenvalue weighted by Crippen LogP contribution is -2.57. The van der Waals surface area contributed by atoms with Crippen molar-refractivity contribution in [1.82, 2.24) is 10.6 Å². The number of hydrogen-bond acceptors (Lipinski definition) is 3. The molecule has 1 aromatic rings. The number of aliphatic carboxylic acids is 1. The quantitative estimate of drug-likeness (QED) is 0.799. The number of nitrogens with one attached hydrogen (secondary N) is 2. The molecule has 0 spiro atoms. The highest BCUT2D eigenvalue weighted by Gasteiger charge is 2.40. The van der Waals surface area contributed by atoms with E-state index in [9.17, 15) is 14.7 Å². The van der Waals surface area contributed by atoms with Crippen molar-refractivity contribution in [2.75, 3.05) is 0 Å². The average Bonchev–Trinajstić information content (AvgIpc) is 2.83. The van der Waals surface area contributed by atoms with Crippen LogP contribution in [0.1, 0.15) is 42.5 Å². The number of carboxylic acids is 1. The van der Waals surface area contributed by atoms with Crippen LogP contribution in [-0.4, -0.2) is 22.6 Å². The van der Waals surface area contributed by atoms with Gasteiger partial charge >= 0.3 is 12.0 Å². The van der Waals surface area contributed by atoms with Crippen molar-refractivity contribution in [1.29, 1.82) is 0 Å². The monoisotopic (exact) mass is 296 g/mol. The van der Waals surface area contributed by atoms with Gasteiger partial charge in [0.2, 0.25) is 0 Å². The highest BCUT2D eigenvalue weighted by molar-refractivity contribution is 7.10. The lowest BCUT2D eigenvalue weighted by molar-refractivity contribution is -0.145. The van der Waals surface area contributed by atoms with Crippen molar-refractivity contribution in [3.8, 4) is 0 Å². The van der Waals surface area contributed by atoms with Gasteiger partial charge in [-0.1, -0.05) is 19.3 Å². The number of hydrogen-bond donors (Lipinski definition) is 3. The Balaban J connectivity index is 1.92. The second-order valence-electron chi connectivity index (χ2n) is 5.28. The third-order valence-corrected chi connectivity index (χ3v) is 4.87. The van der Waals surface area contributed by atoms with E-state index < -0.39 is 17.5 Å². The molecule has 1 heterocycles. The van der Waals surface area contributed by atoms with Gasteiger partial charge in [0.1, 0.15) is 5.54 Å². The number of carboxylic acid groups (broad SMARTS) is 1. The molecule has 2 amide bonds. The summed E-state index contributed by atoms with van der Waals surface area (Å²) < 4.78 is 0. The molecule has 1 fully saturated rings. The topological polar surface area (TPSA) is 78.4 Å². The van der Waals surface area contributed by atoms with Crippen LogP contribution in [-0.2, 0) is 11.3 Å². The summed E-state index contributed by atoms with van der Waals surface area (Å²) in [4.78, 5) is 24.5. The van der Waals surface area contributed by atoms with E-state index in [0.29, 0.717) is 19.4 Å². The second-order valence-corrected chi connectivity index (χ2v) is 6.28. The molecule has 0 unspecified atom stereocenters. The Morgan fingerprint density at radius 3 is 2.60 bits per heavy atom. The summed E-state index contributed by atoms with van der Waals surface area (Å²) in [6.45, 7) is 2.43. The zero-order chi connectivity index (χ0) is 14.6. The van der Waals surface area contributed by atoms with Crippen LogP contribution < -0.4 is 10.6 Å². The van der Waals surface area contributed by atoms with E-state index in [1.54, 1.807) is 11.3 Å². The van der Waals surface area contributed by atoms with Gasteiger partial charge < -0.3 is 15.7 Å². The normalized spacial score (nSPS) is 17.4. The lowest BCUT2D eigenvalue weighted by Gasteiger charge is -2.33. The summed E-state index contributed by atoms with van der Waals surface area (Å²) in [6, 6.07) is 1.60. The molecule has 1 aliphatic rings. The summed E-state index contributed by atoms with van der Waals surface area (Å²) in [5.41, 5.74) is 0.0493. The van der Waals surface area contributed by atoms with Crippen molar-refractivity contribution in [3.05, 3.63) is 21.9 Å². The molecule has 0 aliphatic heterocycles. The fraction of sp³-hybridized carbons (Fsp3) is 0.571. The minimum atomic E-state index is -1.09. The van der Waals surface area contributed by atoms with Gasteiger partial charge in [0, 0.05) is 4.88 Å². The summed E-state index contributed by atoms with van der Waals surface area (Å²) in [6.07, 6.45) is 3.74. The third kappa shape index (κ3) is 3.30. The Morgan fingerprint density at radius 2 is 2.05 bits per heavy atom. The van der Waals surface area contributed by atoms with Crippen LogP contribution in [0.15, 0.2) is 11.4 Å². The van der Waals surface area contributed by atoms with Crippen LogP contribution in [0.3, 0.4) is 0 Å². The van der Waals surface area contributed by atoms with Crippen molar-refractivity contribution in [3.63, 3.8) is 0 Å². The molecule has 0 atom stereocenters. The van der Waals surface area contributed by atoms with Crippen molar-refractivity contribution in [2.24, 2.45) is 0 Å². The number of carbonyl (C=O) groups excluding carboxylic acids is 1. The average molecular weight is 296 g/mol. The fourth-order valence-electron chi connectivity index (χ4n) is 2.55. The van der Waals surface area contributed by atoms with Crippen molar-refractivity contribution >= 4 is 23.3 Å². The molecule has 2 rings (SSSR count). The molecule has 1 aromatic heterocycles. The number of amides is 2. The number of urea groups is 1. The SMILES string of the molecule is Cc1ccsc1CNC(=O)NC1(C(=O)O)CCCCC1. The van der Waals surface area contributed by atoms with Crippen LogP contribution in [0.2, 0.25) is 0 Å². The molecule has 0 aromatic carbocycles. The molecule has 20 heavy (non-hydrogen) atoms. The molecule has 1 aliphatic carbocycles. The first-order valence-corrected chi connectivity index (χ1v) is 7.74. The lowest BCUT2D eigenvalue weighted by atomic mass is 9.82. The third-order valence-electron chi connectivity index (χ3n) is 3.85. The van der Waals surface area contributed by atoms with E-state index in [-0.39, 0.29) is 0 Å². The van der Waals surface area contributed by atoms with E-state index in [4.69, 9.17) is 0 Å². The van der Waals surface area contributed by atoms with Crippen LogP contribution in [0.25, 0.3) is 0 Å². The van der Waals surface area contributed by atoms with E-state index in [1.165, 1.54) is 0 Å². The molecular formula is C14H20N2O3S.